The van der Waals surface area contributed by atoms with Crippen LogP contribution in [0.5, 0.6) is 0 Å². The van der Waals surface area contributed by atoms with Gasteiger partial charge in [0.2, 0.25) is 0 Å². The van der Waals surface area contributed by atoms with Gasteiger partial charge in [0.1, 0.15) is 6.10 Å². The van der Waals surface area contributed by atoms with Crippen LogP contribution < -0.4 is 0 Å². The van der Waals surface area contributed by atoms with Gasteiger partial charge >= 0.3 is 5.97 Å². The van der Waals surface area contributed by atoms with Crippen molar-refractivity contribution in [3.05, 3.63) is 60.9 Å². The number of hydrogen-bond acceptors (Lipinski definition) is 4. The summed E-state index contributed by atoms with van der Waals surface area (Å²) in [4.78, 5) is 11.8. The molecule has 4 heteroatoms. The second-order valence-corrected chi connectivity index (χ2v) is 5.15. The van der Waals surface area contributed by atoms with E-state index in [4.69, 9.17) is 9.47 Å². The lowest BCUT2D eigenvalue weighted by molar-refractivity contribution is -0.0129. The average Bonchev–Trinajstić information content (AvgIpc) is 2.48. The molecule has 2 atom stereocenters. The lowest BCUT2D eigenvalue weighted by Crippen LogP contribution is -2.35. The smallest absolute Gasteiger partial charge is 0.338 e. The third kappa shape index (κ3) is 4.46. The van der Waals surface area contributed by atoms with Gasteiger partial charge in [0.15, 0.2) is 0 Å². The number of ether oxygens (including phenoxy) is 2. The highest BCUT2D eigenvalue weighted by Crippen LogP contribution is 2.27. The molecule has 0 radical (unpaired) electrons. The monoisotopic (exact) mass is 288 g/mol. The fourth-order valence-corrected chi connectivity index (χ4v) is 2.30. The summed E-state index contributed by atoms with van der Waals surface area (Å²) in [6.45, 7) is 3.90. The van der Waals surface area contributed by atoms with Crippen LogP contribution in [-0.4, -0.2) is 29.4 Å². The van der Waals surface area contributed by atoms with Crippen LogP contribution in [0.3, 0.4) is 0 Å². The van der Waals surface area contributed by atoms with Crippen molar-refractivity contribution in [2.75, 3.05) is 6.61 Å². The molecule has 0 amide bonds. The van der Waals surface area contributed by atoms with Crippen molar-refractivity contribution in [1.29, 1.82) is 0 Å². The van der Waals surface area contributed by atoms with Gasteiger partial charge in [-0.1, -0.05) is 24.3 Å². The first-order chi connectivity index (χ1) is 10.1. The highest BCUT2D eigenvalue weighted by Gasteiger charge is 2.30. The molecule has 0 fully saturated rings. The van der Waals surface area contributed by atoms with Crippen molar-refractivity contribution >= 4 is 5.97 Å². The fraction of sp³-hybridized carbons (Fsp3) is 0.353. The molecule has 1 unspecified atom stereocenters. The molecule has 0 bridgehead atoms. The second-order valence-electron chi connectivity index (χ2n) is 5.15. The van der Waals surface area contributed by atoms with Crippen LogP contribution in [0.2, 0.25) is 0 Å². The quantitative estimate of drug-likeness (QED) is 0.646. The van der Waals surface area contributed by atoms with Crippen LogP contribution in [-0.2, 0) is 9.47 Å². The maximum absolute atomic E-state index is 11.8. The Balaban J connectivity index is 1.78. The predicted molar refractivity (Wildman–Crippen MR) is 79.7 cm³/mol. The zero-order valence-electron chi connectivity index (χ0n) is 11.9. The van der Waals surface area contributed by atoms with Gasteiger partial charge in [0.05, 0.1) is 24.0 Å². The van der Waals surface area contributed by atoms with Crippen LogP contribution >= 0.6 is 0 Å². The largest absolute Gasteiger partial charge is 0.498 e. The van der Waals surface area contributed by atoms with Gasteiger partial charge in [-0.05, 0) is 24.6 Å². The molecule has 1 heterocycles. The van der Waals surface area contributed by atoms with Gasteiger partial charge in [-0.15, -0.1) is 6.58 Å². The highest BCUT2D eigenvalue weighted by atomic mass is 16.5. The van der Waals surface area contributed by atoms with E-state index in [1.807, 2.05) is 6.07 Å². The number of benzene rings is 1. The van der Waals surface area contributed by atoms with Crippen molar-refractivity contribution in [3.63, 3.8) is 0 Å². The molecule has 1 aliphatic heterocycles. The first-order valence-electron chi connectivity index (χ1n) is 7.01. The lowest BCUT2D eigenvalue weighted by atomic mass is 9.90. The van der Waals surface area contributed by atoms with Crippen LogP contribution in [0.15, 0.2) is 55.3 Å². The molecule has 1 aliphatic rings. The molecule has 0 aliphatic carbocycles. The van der Waals surface area contributed by atoms with Crippen LogP contribution in [0, 0.1) is 0 Å². The van der Waals surface area contributed by atoms with Gasteiger partial charge in [-0.3, -0.25) is 0 Å². The first-order valence-corrected chi connectivity index (χ1v) is 7.01. The average molecular weight is 288 g/mol. The Hall–Kier alpha value is -2.07. The van der Waals surface area contributed by atoms with E-state index in [0.29, 0.717) is 24.8 Å². The van der Waals surface area contributed by atoms with E-state index < -0.39 is 5.60 Å². The lowest BCUT2D eigenvalue weighted by Gasteiger charge is -2.31. The molecule has 1 aromatic rings. The number of hydrogen-bond donors (Lipinski definition) is 1. The van der Waals surface area contributed by atoms with Crippen molar-refractivity contribution in [2.24, 2.45) is 0 Å². The Kier molecular flexibility index (Phi) is 5.17. The summed E-state index contributed by atoms with van der Waals surface area (Å²) in [6, 6.07) is 8.86. The first kappa shape index (κ1) is 15.3. The number of rotatable bonds is 6. The van der Waals surface area contributed by atoms with Crippen molar-refractivity contribution < 1.29 is 19.4 Å². The number of carbonyl (C=O) groups is 1. The summed E-state index contributed by atoms with van der Waals surface area (Å²) in [5.41, 5.74) is -0.376. The van der Waals surface area contributed by atoms with Gasteiger partial charge in [0.25, 0.3) is 0 Å². The van der Waals surface area contributed by atoms with Crippen LogP contribution in [0.1, 0.15) is 29.6 Å². The van der Waals surface area contributed by atoms with Crippen LogP contribution in [0.4, 0.5) is 0 Å². The standard InChI is InChI=1S/C17H20O4/c1-2-9-17(19)10-12-20-15(13-17)8-11-21-16(18)14-6-4-3-5-7-14/h2-7,10,12,15,19H,1,8-9,11,13H2/t15-,17?/m0/s1. The fourth-order valence-electron chi connectivity index (χ4n) is 2.30. The SMILES string of the molecule is C=CCC1(O)C=CO[C@@H](CCOC(=O)c2ccccc2)C1. The normalized spacial score (nSPS) is 24.1. The third-order valence-corrected chi connectivity index (χ3v) is 3.41. The minimum absolute atomic E-state index is 0.163. The van der Waals surface area contributed by atoms with E-state index in [1.54, 1.807) is 36.4 Å². The Morgan fingerprint density at radius 3 is 2.95 bits per heavy atom. The molecule has 21 heavy (non-hydrogen) atoms. The predicted octanol–water partition coefficient (Wildman–Crippen LogP) is 2.84. The topological polar surface area (TPSA) is 55.8 Å². The van der Waals surface area contributed by atoms with Gasteiger partial charge in [0, 0.05) is 12.8 Å². The molecular weight excluding hydrogens is 268 g/mol. The Morgan fingerprint density at radius 1 is 1.48 bits per heavy atom. The Labute approximate surface area is 124 Å². The summed E-state index contributed by atoms with van der Waals surface area (Å²) in [7, 11) is 0. The molecule has 2 rings (SSSR count). The Bertz CT molecular complexity index is 509. The molecule has 4 nitrogen and oxygen atoms in total. The molecule has 1 N–H and O–H groups in total. The number of esters is 1. The molecule has 0 saturated heterocycles. The third-order valence-electron chi connectivity index (χ3n) is 3.41. The summed E-state index contributed by atoms with van der Waals surface area (Å²) in [5, 5.41) is 10.3. The Morgan fingerprint density at radius 2 is 2.24 bits per heavy atom. The molecule has 1 aromatic carbocycles. The van der Waals surface area contributed by atoms with E-state index in [-0.39, 0.29) is 18.7 Å². The maximum Gasteiger partial charge on any atom is 0.338 e. The van der Waals surface area contributed by atoms with Crippen molar-refractivity contribution in [1.82, 2.24) is 0 Å². The van der Waals surface area contributed by atoms with Gasteiger partial charge < -0.3 is 14.6 Å². The summed E-state index contributed by atoms with van der Waals surface area (Å²) < 4.78 is 10.7. The van der Waals surface area contributed by atoms with E-state index in [1.165, 1.54) is 6.26 Å². The van der Waals surface area contributed by atoms with Gasteiger partial charge in [-0.25, -0.2) is 4.79 Å². The second kappa shape index (κ2) is 7.09. The van der Waals surface area contributed by atoms with E-state index in [9.17, 15) is 9.90 Å². The number of carbonyl (C=O) groups excluding carboxylic acids is 1. The minimum atomic E-state index is -0.909. The minimum Gasteiger partial charge on any atom is -0.498 e. The molecule has 0 saturated carbocycles. The summed E-state index contributed by atoms with van der Waals surface area (Å²) >= 11 is 0. The maximum atomic E-state index is 11.8. The van der Waals surface area contributed by atoms with E-state index >= 15 is 0 Å². The zero-order valence-corrected chi connectivity index (χ0v) is 11.9. The molecule has 0 aromatic heterocycles. The molecular formula is C17H20O4. The van der Waals surface area contributed by atoms with E-state index in [0.717, 1.165) is 0 Å². The summed E-state index contributed by atoms with van der Waals surface area (Å²) in [6.07, 6.45) is 6.16. The zero-order chi connectivity index (χ0) is 15.1. The summed E-state index contributed by atoms with van der Waals surface area (Å²) in [5.74, 6) is -0.344. The highest BCUT2D eigenvalue weighted by molar-refractivity contribution is 5.89. The molecule has 0 spiro atoms. The van der Waals surface area contributed by atoms with Crippen molar-refractivity contribution in [3.8, 4) is 0 Å². The van der Waals surface area contributed by atoms with E-state index in [2.05, 4.69) is 6.58 Å². The number of aliphatic hydroxyl groups is 1. The molecule has 112 valence electrons. The van der Waals surface area contributed by atoms with Crippen LogP contribution in [0.25, 0.3) is 0 Å². The van der Waals surface area contributed by atoms with Crippen molar-refractivity contribution in [2.45, 2.75) is 31.0 Å². The van der Waals surface area contributed by atoms with Gasteiger partial charge in [-0.2, -0.15) is 0 Å².